The van der Waals surface area contributed by atoms with E-state index in [4.69, 9.17) is 9.47 Å². The van der Waals surface area contributed by atoms with Crippen molar-refractivity contribution in [1.29, 1.82) is 0 Å². The van der Waals surface area contributed by atoms with Crippen molar-refractivity contribution < 1.29 is 32.2 Å². The largest absolute Gasteiger partial charge is 0.485 e. The van der Waals surface area contributed by atoms with E-state index in [-0.39, 0.29) is 5.56 Å². The highest BCUT2D eigenvalue weighted by Crippen LogP contribution is 2.40. The molecule has 0 radical (unpaired) electrons. The minimum Gasteiger partial charge on any atom is -0.485 e. The van der Waals surface area contributed by atoms with Crippen LogP contribution in [0.2, 0.25) is 0 Å². The van der Waals surface area contributed by atoms with Gasteiger partial charge in [0.2, 0.25) is 0 Å². The van der Waals surface area contributed by atoms with Crippen molar-refractivity contribution >= 4 is 34.5 Å². The maximum Gasteiger partial charge on any atom is 0.416 e. The SMILES string of the molecule is O=C(Nc1ccccc1NC(=O)c1scc2c1OCCO2)c1ccc(C(F)(F)F)cc1. The lowest BCUT2D eigenvalue weighted by Crippen LogP contribution is -2.19. The topological polar surface area (TPSA) is 76.7 Å². The Kier molecular flexibility index (Phi) is 5.55. The normalized spacial score (nSPS) is 12.9. The highest BCUT2D eigenvalue weighted by atomic mass is 32.1. The Hall–Kier alpha value is -3.53. The predicted molar refractivity (Wildman–Crippen MR) is 109 cm³/mol. The number of carbonyl (C=O) groups excluding carboxylic acids is 2. The zero-order valence-electron chi connectivity index (χ0n) is 15.8. The molecule has 0 fully saturated rings. The smallest absolute Gasteiger partial charge is 0.416 e. The van der Waals surface area contributed by atoms with E-state index in [2.05, 4.69) is 10.6 Å². The first-order valence-corrected chi connectivity index (χ1v) is 9.97. The molecular formula is C21H15F3N2O4S. The second-order valence-corrected chi connectivity index (χ2v) is 7.36. The molecule has 1 aromatic heterocycles. The number of para-hydroxylation sites is 2. The van der Waals surface area contributed by atoms with Gasteiger partial charge >= 0.3 is 6.18 Å². The first-order chi connectivity index (χ1) is 14.8. The quantitative estimate of drug-likeness (QED) is 0.586. The summed E-state index contributed by atoms with van der Waals surface area (Å²) in [5.74, 6) is -0.168. The van der Waals surface area contributed by atoms with Gasteiger partial charge in [0.05, 0.1) is 16.9 Å². The van der Waals surface area contributed by atoms with E-state index in [0.29, 0.717) is 41.0 Å². The number of halogens is 3. The van der Waals surface area contributed by atoms with Gasteiger partial charge in [0.25, 0.3) is 11.8 Å². The first-order valence-electron chi connectivity index (χ1n) is 9.09. The van der Waals surface area contributed by atoms with Crippen LogP contribution in [0.3, 0.4) is 0 Å². The first kappa shape index (κ1) is 20.7. The predicted octanol–water partition coefficient (Wildman–Crippen LogP) is 5.04. The number of hydrogen-bond donors (Lipinski definition) is 2. The fourth-order valence-electron chi connectivity index (χ4n) is 2.90. The van der Waals surface area contributed by atoms with E-state index in [1.165, 1.54) is 11.3 Å². The van der Waals surface area contributed by atoms with Crippen molar-refractivity contribution in [2.24, 2.45) is 0 Å². The summed E-state index contributed by atoms with van der Waals surface area (Å²) in [5.41, 5.74) is -0.177. The molecule has 1 aliphatic heterocycles. The Morgan fingerprint density at radius 1 is 0.871 bits per heavy atom. The minimum absolute atomic E-state index is 0.0482. The molecule has 160 valence electrons. The molecule has 3 aromatic rings. The van der Waals surface area contributed by atoms with E-state index in [0.717, 1.165) is 24.3 Å². The number of nitrogens with one attached hydrogen (secondary N) is 2. The Morgan fingerprint density at radius 2 is 1.48 bits per heavy atom. The molecule has 2 N–H and O–H groups in total. The number of amides is 2. The number of benzene rings is 2. The number of thiophene rings is 1. The molecule has 31 heavy (non-hydrogen) atoms. The lowest BCUT2D eigenvalue weighted by Gasteiger charge is -2.16. The molecule has 10 heteroatoms. The van der Waals surface area contributed by atoms with Gasteiger partial charge in [0.15, 0.2) is 11.5 Å². The number of hydrogen-bond acceptors (Lipinski definition) is 5. The van der Waals surface area contributed by atoms with Gasteiger partial charge in [-0.1, -0.05) is 12.1 Å². The standard InChI is InChI=1S/C21H15F3N2O4S/c22-21(23,24)13-7-5-12(6-8-13)19(27)25-14-3-1-2-4-15(14)26-20(28)18-17-16(11-31-18)29-9-10-30-17/h1-8,11H,9-10H2,(H,25,27)(H,26,28). The lowest BCUT2D eigenvalue weighted by molar-refractivity contribution is -0.137. The van der Waals surface area contributed by atoms with Crippen LogP contribution in [-0.2, 0) is 6.18 Å². The molecule has 0 saturated heterocycles. The van der Waals surface area contributed by atoms with Crippen molar-refractivity contribution in [3.8, 4) is 11.5 Å². The van der Waals surface area contributed by atoms with Crippen LogP contribution in [0.1, 0.15) is 25.6 Å². The van der Waals surface area contributed by atoms with Gasteiger partial charge in [-0.25, -0.2) is 0 Å². The molecule has 0 atom stereocenters. The number of rotatable bonds is 4. The third-order valence-electron chi connectivity index (χ3n) is 4.41. The second-order valence-electron chi connectivity index (χ2n) is 6.48. The Balaban J connectivity index is 1.50. The second kappa shape index (κ2) is 8.31. The van der Waals surface area contributed by atoms with Gasteiger partial charge in [-0.15, -0.1) is 11.3 Å². The van der Waals surface area contributed by atoms with Crippen molar-refractivity contribution in [2.45, 2.75) is 6.18 Å². The number of alkyl halides is 3. The van der Waals surface area contributed by atoms with E-state index >= 15 is 0 Å². The minimum atomic E-state index is -4.48. The molecule has 0 aliphatic carbocycles. The summed E-state index contributed by atoms with van der Waals surface area (Å²) >= 11 is 1.17. The van der Waals surface area contributed by atoms with Gasteiger partial charge < -0.3 is 20.1 Å². The van der Waals surface area contributed by atoms with Crippen molar-refractivity contribution in [3.05, 3.63) is 69.9 Å². The van der Waals surface area contributed by atoms with Crippen LogP contribution >= 0.6 is 11.3 Å². The van der Waals surface area contributed by atoms with Crippen LogP contribution in [0.5, 0.6) is 11.5 Å². The highest BCUT2D eigenvalue weighted by Gasteiger charge is 2.30. The third-order valence-corrected chi connectivity index (χ3v) is 5.34. The molecule has 2 amide bonds. The van der Waals surface area contributed by atoms with Gasteiger partial charge in [0, 0.05) is 10.9 Å². The number of anilines is 2. The van der Waals surface area contributed by atoms with Crippen molar-refractivity contribution in [1.82, 2.24) is 0 Å². The maximum absolute atomic E-state index is 12.7. The van der Waals surface area contributed by atoms with Crippen LogP contribution < -0.4 is 20.1 Å². The molecule has 1 aliphatic rings. The van der Waals surface area contributed by atoms with E-state index in [1.807, 2.05) is 0 Å². The van der Waals surface area contributed by atoms with Crippen LogP contribution in [0.4, 0.5) is 24.5 Å². The summed E-state index contributed by atoms with van der Waals surface area (Å²) in [5, 5.41) is 7.01. The number of carbonyl (C=O) groups is 2. The molecular weight excluding hydrogens is 433 g/mol. The molecule has 0 bridgehead atoms. The lowest BCUT2D eigenvalue weighted by atomic mass is 10.1. The average Bonchev–Trinajstić information content (AvgIpc) is 3.19. The van der Waals surface area contributed by atoms with Crippen LogP contribution in [-0.4, -0.2) is 25.0 Å². The van der Waals surface area contributed by atoms with Crippen LogP contribution in [0.25, 0.3) is 0 Å². The Labute approximate surface area is 178 Å². The summed E-state index contributed by atoms with van der Waals surface area (Å²) in [6.07, 6.45) is -4.48. The number of fused-ring (bicyclic) bond motifs is 1. The Morgan fingerprint density at radius 3 is 2.13 bits per heavy atom. The molecule has 0 spiro atoms. The van der Waals surface area contributed by atoms with Crippen molar-refractivity contribution in [3.63, 3.8) is 0 Å². The zero-order valence-corrected chi connectivity index (χ0v) is 16.6. The molecule has 4 rings (SSSR count). The zero-order chi connectivity index (χ0) is 22.0. The summed E-state index contributed by atoms with van der Waals surface area (Å²) < 4.78 is 49.1. The van der Waals surface area contributed by atoms with Gasteiger partial charge in [-0.2, -0.15) is 13.2 Å². The molecule has 0 saturated carbocycles. The van der Waals surface area contributed by atoms with Gasteiger partial charge in [-0.3, -0.25) is 9.59 Å². The van der Waals surface area contributed by atoms with E-state index in [9.17, 15) is 22.8 Å². The van der Waals surface area contributed by atoms with E-state index < -0.39 is 23.6 Å². The molecule has 2 aromatic carbocycles. The Bertz CT molecular complexity index is 1130. The maximum atomic E-state index is 12.7. The van der Waals surface area contributed by atoms with Crippen LogP contribution in [0.15, 0.2) is 53.9 Å². The average molecular weight is 448 g/mol. The molecule has 2 heterocycles. The number of ether oxygens (including phenoxy) is 2. The fraction of sp³-hybridized carbons (Fsp3) is 0.143. The van der Waals surface area contributed by atoms with Gasteiger partial charge in [0.1, 0.15) is 18.1 Å². The van der Waals surface area contributed by atoms with Crippen molar-refractivity contribution in [2.75, 3.05) is 23.8 Å². The summed E-state index contributed by atoms with van der Waals surface area (Å²) in [4.78, 5) is 25.6. The summed E-state index contributed by atoms with van der Waals surface area (Å²) in [6, 6.07) is 10.4. The monoisotopic (exact) mass is 448 g/mol. The van der Waals surface area contributed by atoms with E-state index in [1.54, 1.807) is 29.6 Å². The molecule has 0 unspecified atom stereocenters. The summed E-state index contributed by atoms with van der Waals surface area (Å²) in [6.45, 7) is 0.743. The van der Waals surface area contributed by atoms with Crippen LogP contribution in [0, 0.1) is 0 Å². The molecule has 6 nitrogen and oxygen atoms in total. The fourth-order valence-corrected chi connectivity index (χ4v) is 3.73. The third kappa shape index (κ3) is 4.48. The highest BCUT2D eigenvalue weighted by molar-refractivity contribution is 7.13. The van der Waals surface area contributed by atoms with Gasteiger partial charge in [-0.05, 0) is 36.4 Å². The summed E-state index contributed by atoms with van der Waals surface area (Å²) in [7, 11) is 0.